The van der Waals surface area contributed by atoms with Crippen molar-refractivity contribution in [3.8, 4) is 0 Å². The molecule has 2 aliphatic heterocycles. The molecule has 2 heterocycles. The van der Waals surface area contributed by atoms with Crippen molar-refractivity contribution < 1.29 is 19.1 Å². The minimum Gasteiger partial charge on any atom is -0.467 e. The van der Waals surface area contributed by atoms with Crippen molar-refractivity contribution in [2.24, 2.45) is 11.7 Å². The highest BCUT2D eigenvalue weighted by atomic mass is 33.1. The van der Waals surface area contributed by atoms with Gasteiger partial charge in [0.1, 0.15) is 12.1 Å². The Morgan fingerprint density at radius 3 is 2.61 bits per heavy atom. The van der Waals surface area contributed by atoms with Crippen LogP contribution in [0, 0.1) is 5.92 Å². The monoisotopic (exact) mass is 494 g/mol. The van der Waals surface area contributed by atoms with Gasteiger partial charge in [0.05, 0.1) is 13.2 Å². The number of carbonyl (C=O) groups excluding carboxylic acids is 3. The van der Waals surface area contributed by atoms with Gasteiger partial charge in [-0.15, -0.1) is 0 Å². The van der Waals surface area contributed by atoms with E-state index in [9.17, 15) is 14.4 Å². The molecule has 2 amide bonds. The quantitative estimate of drug-likeness (QED) is 0.401. The third-order valence-corrected chi connectivity index (χ3v) is 8.39. The van der Waals surface area contributed by atoms with Gasteiger partial charge in [0.2, 0.25) is 11.8 Å². The summed E-state index contributed by atoms with van der Waals surface area (Å²) < 4.78 is 4.90. The van der Waals surface area contributed by atoms with E-state index in [0.29, 0.717) is 31.7 Å². The minimum atomic E-state index is -0.749. The molecule has 33 heavy (non-hydrogen) atoms. The third kappa shape index (κ3) is 6.88. The second-order valence-corrected chi connectivity index (χ2v) is 11.5. The Labute approximate surface area is 203 Å². The summed E-state index contributed by atoms with van der Waals surface area (Å²) in [6, 6.07) is 5.95. The number of amides is 2. The van der Waals surface area contributed by atoms with Crippen molar-refractivity contribution in [3.63, 3.8) is 0 Å². The van der Waals surface area contributed by atoms with Crippen LogP contribution in [0.5, 0.6) is 0 Å². The summed E-state index contributed by atoms with van der Waals surface area (Å²) in [5.41, 5.74) is 8.16. The average molecular weight is 495 g/mol. The molecule has 4 atom stereocenters. The predicted molar refractivity (Wildman–Crippen MR) is 133 cm³/mol. The Morgan fingerprint density at radius 1 is 1.21 bits per heavy atom. The smallest absolute Gasteiger partial charge is 0.328 e. The zero-order valence-electron chi connectivity index (χ0n) is 19.4. The number of nitrogens with one attached hydrogen (secondary N) is 2. The van der Waals surface area contributed by atoms with Crippen LogP contribution in [0.2, 0.25) is 0 Å². The fourth-order valence-corrected chi connectivity index (χ4v) is 6.50. The predicted octanol–water partition coefficient (Wildman–Crippen LogP) is 1.32. The van der Waals surface area contributed by atoms with Crippen molar-refractivity contribution in [2.75, 3.05) is 25.2 Å². The van der Waals surface area contributed by atoms with Crippen LogP contribution in [0.4, 0.5) is 0 Å². The maximum Gasteiger partial charge on any atom is 0.328 e. The lowest BCUT2D eigenvalue weighted by Gasteiger charge is -2.39. The van der Waals surface area contributed by atoms with Gasteiger partial charge >= 0.3 is 5.97 Å². The second kappa shape index (κ2) is 12.1. The highest BCUT2D eigenvalue weighted by Gasteiger charge is 2.39. The maximum atomic E-state index is 13.6. The van der Waals surface area contributed by atoms with Gasteiger partial charge in [-0.25, -0.2) is 4.79 Å². The number of methoxy groups -OCH3 is 1. The van der Waals surface area contributed by atoms with Gasteiger partial charge < -0.3 is 26.0 Å². The highest BCUT2D eigenvalue weighted by Crippen LogP contribution is 2.28. The summed E-state index contributed by atoms with van der Waals surface area (Å²) in [7, 11) is 4.60. The summed E-state index contributed by atoms with van der Waals surface area (Å²) in [6.45, 7) is 4.86. The normalized spacial score (nSPS) is 24.3. The lowest BCUT2D eigenvalue weighted by molar-refractivity contribution is -0.148. The molecule has 2 aliphatic rings. The molecule has 0 unspecified atom stereocenters. The Bertz CT molecular complexity index is 854. The van der Waals surface area contributed by atoms with E-state index in [1.165, 1.54) is 7.11 Å². The summed E-state index contributed by atoms with van der Waals surface area (Å²) in [4.78, 5) is 41.0. The number of hydrogen-bond donors (Lipinski definition) is 3. The Kier molecular flexibility index (Phi) is 9.48. The SMILES string of the molecule is COC(=O)[C@H](CC(C)C)NC(=O)[C@@H]1Cc2ccccc2CN1C(=O)[C@@H]1CSSC[C@H](N)CN1. The highest BCUT2D eigenvalue weighted by molar-refractivity contribution is 8.76. The molecule has 1 fully saturated rings. The first-order valence-corrected chi connectivity index (χ1v) is 13.8. The van der Waals surface area contributed by atoms with E-state index in [2.05, 4.69) is 10.6 Å². The van der Waals surface area contributed by atoms with Gasteiger partial charge in [-0.05, 0) is 23.5 Å². The molecule has 182 valence electrons. The molecule has 1 aromatic carbocycles. The standard InChI is InChI=1S/C23H34N4O4S2/c1-14(2)8-18(23(30)31-3)26-21(28)20-9-15-6-4-5-7-16(15)11-27(20)22(29)19-13-33-32-12-17(24)10-25-19/h4-7,14,17-20,25H,8-13,24H2,1-3H3,(H,26,28)/t17-,18+,19+,20+/m1/s1. The molecule has 10 heteroatoms. The zero-order valence-corrected chi connectivity index (χ0v) is 21.0. The van der Waals surface area contributed by atoms with E-state index < -0.39 is 24.1 Å². The summed E-state index contributed by atoms with van der Waals surface area (Å²) in [6.07, 6.45) is 0.864. The molecule has 0 bridgehead atoms. The Morgan fingerprint density at radius 2 is 1.91 bits per heavy atom. The van der Waals surface area contributed by atoms with Gasteiger partial charge in [0.25, 0.3) is 0 Å². The molecular weight excluding hydrogens is 460 g/mol. The van der Waals surface area contributed by atoms with Crippen LogP contribution >= 0.6 is 21.6 Å². The van der Waals surface area contributed by atoms with Crippen molar-refractivity contribution in [1.29, 1.82) is 0 Å². The number of esters is 1. The minimum absolute atomic E-state index is 0.0314. The van der Waals surface area contributed by atoms with Crippen molar-refractivity contribution in [2.45, 2.75) is 57.4 Å². The van der Waals surface area contributed by atoms with Crippen molar-refractivity contribution in [3.05, 3.63) is 35.4 Å². The molecule has 0 saturated carbocycles. The van der Waals surface area contributed by atoms with Crippen LogP contribution < -0.4 is 16.4 Å². The Balaban J connectivity index is 1.83. The van der Waals surface area contributed by atoms with Crippen LogP contribution in [-0.4, -0.2) is 72.0 Å². The topological polar surface area (TPSA) is 114 Å². The van der Waals surface area contributed by atoms with Gasteiger partial charge in [0, 0.05) is 37.1 Å². The van der Waals surface area contributed by atoms with E-state index in [-0.39, 0.29) is 23.8 Å². The molecule has 0 aromatic heterocycles. The molecule has 8 nitrogen and oxygen atoms in total. The van der Waals surface area contributed by atoms with Crippen molar-refractivity contribution in [1.82, 2.24) is 15.5 Å². The third-order valence-electron chi connectivity index (χ3n) is 5.87. The van der Waals surface area contributed by atoms with E-state index in [1.807, 2.05) is 38.1 Å². The fourth-order valence-electron chi connectivity index (χ4n) is 4.11. The van der Waals surface area contributed by atoms with Gasteiger partial charge in [0.15, 0.2) is 0 Å². The number of hydrogen-bond acceptors (Lipinski definition) is 8. The number of nitrogens with two attached hydrogens (primary N) is 1. The summed E-state index contributed by atoms with van der Waals surface area (Å²) >= 11 is 0. The summed E-state index contributed by atoms with van der Waals surface area (Å²) in [5.74, 6) is 0.683. The van der Waals surface area contributed by atoms with Crippen LogP contribution in [-0.2, 0) is 32.1 Å². The first-order chi connectivity index (χ1) is 15.8. The van der Waals surface area contributed by atoms with E-state index in [0.717, 1.165) is 16.9 Å². The Hall–Kier alpha value is -1.75. The molecule has 4 N–H and O–H groups in total. The molecule has 1 saturated heterocycles. The van der Waals surface area contributed by atoms with E-state index in [1.54, 1.807) is 26.5 Å². The van der Waals surface area contributed by atoms with Crippen LogP contribution in [0.3, 0.4) is 0 Å². The maximum absolute atomic E-state index is 13.6. The van der Waals surface area contributed by atoms with E-state index in [4.69, 9.17) is 10.5 Å². The lowest BCUT2D eigenvalue weighted by Crippen LogP contribution is -2.60. The second-order valence-electron chi connectivity index (χ2n) is 8.96. The molecule has 3 rings (SSSR count). The number of rotatable bonds is 6. The van der Waals surface area contributed by atoms with Gasteiger partial charge in [-0.3, -0.25) is 9.59 Å². The first kappa shape index (κ1) is 25.9. The number of nitrogens with zero attached hydrogens (tertiary/aromatic N) is 1. The van der Waals surface area contributed by atoms with Crippen LogP contribution in [0.15, 0.2) is 24.3 Å². The molecule has 0 spiro atoms. The lowest BCUT2D eigenvalue weighted by atomic mass is 9.92. The number of ether oxygens (including phenoxy) is 1. The summed E-state index contributed by atoms with van der Waals surface area (Å²) in [5, 5.41) is 6.15. The number of carbonyl (C=O) groups is 3. The molecule has 1 aromatic rings. The molecular formula is C23H34N4O4S2. The largest absolute Gasteiger partial charge is 0.467 e. The first-order valence-electron chi connectivity index (χ1n) is 11.3. The number of benzene rings is 1. The van der Waals surface area contributed by atoms with Crippen LogP contribution in [0.1, 0.15) is 31.4 Å². The van der Waals surface area contributed by atoms with Gasteiger partial charge in [-0.2, -0.15) is 0 Å². The average Bonchev–Trinajstić information content (AvgIpc) is 2.79. The number of fused-ring (bicyclic) bond motifs is 1. The van der Waals surface area contributed by atoms with Crippen LogP contribution in [0.25, 0.3) is 0 Å². The molecule has 0 aliphatic carbocycles. The van der Waals surface area contributed by atoms with E-state index >= 15 is 0 Å². The fraction of sp³-hybridized carbons (Fsp3) is 0.609. The molecule has 0 radical (unpaired) electrons. The zero-order chi connectivity index (χ0) is 24.0. The van der Waals surface area contributed by atoms with Crippen molar-refractivity contribution >= 4 is 39.4 Å². The van der Waals surface area contributed by atoms with Gasteiger partial charge in [-0.1, -0.05) is 59.7 Å².